The maximum atomic E-state index is 11.7. The summed E-state index contributed by atoms with van der Waals surface area (Å²) in [4.78, 5) is 22.5. The number of aryl methyl sites for hydroxylation is 1. The van der Waals surface area contributed by atoms with Crippen LogP contribution in [0.5, 0.6) is 0 Å². The Morgan fingerprint density at radius 3 is 2.53 bits per heavy atom. The van der Waals surface area contributed by atoms with Crippen molar-refractivity contribution in [3.63, 3.8) is 0 Å². The molecule has 0 aliphatic heterocycles. The highest BCUT2D eigenvalue weighted by molar-refractivity contribution is 5.93. The number of amides is 1. The van der Waals surface area contributed by atoms with E-state index in [4.69, 9.17) is 5.11 Å². The quantitative estimate of drug-likeness (QED) is 0.530. The molecule has 1 rings (SSSR count). The van der Waals surface area contributed by atoms with Crippen molar-refractivity contribution in [2.75, 3.05) is 18.5 Å². The molecule has 0 unspecified atom stereocenters. The topological polar surface area (TPSA) is 106 Å². The zero-order valence-corrected chi connectivity index (χ0v) is 10.8. The van der Waals surface area contributed by atoms with Gasteiger partial charge in [-0.05, 0) is 19.1 Å². The molecule has 104 valence electrons. The average Bonchev–Trinajstić information content (AvgIpc) is 2.37. The summed E-state index contributed by atoms with van der Waals surface area (Å²) in [5, 5.41) is 23.5. The zero-order chi connectivity index (χ0) is 14.3. The predicted molar refractivity (Wildman–Crippen MR) is 67.1 cm³/mol. The van der Waals surface area contributed by atoms with Crippen LogP contribution in [0.4, 0.5) is 5.69 Å². The van der Waals surface area contributed by atoms with Crippen LogP contribution < -0.4 is 15.7 Å². The molecule has 1 atom stereocenters. The van der Waals surface area contributed by atoms with Crippen LogP contribution in [0.2, 0.25) is 0 Å². The lowest BCUT2D eigenvalue weighted by Crippen LogP contribution is -2.94. The zero-order valence-electron chi connectivity index (χ0n) is 10.8. The van der Waals surface area contributed by atoms with Gasteiger partial charge in [-0.2, -0.15) is 0 Å². The number of hydrogen-bond donors (Lipinski definition) is 3. The minimum Gasteiger partial charge on any atom is -0.544 e. The number of aliphatic hydroxyl groups excluding tert-OH is 1. The number of aliphatic hydroxyl groups is 1. The Balaban J connectivity index is 2.52. The molecule has 0 spiro atoms. The number of anilines is 1. The summed E-state index contributed by atoms with van der Waals surface area (Å²) in [6.07, 6.45) is -0.198. The van der Waals surface area contributed by atoms with Crippen LogP contribution in [0, 0.1) is 6.92 Å². The van der Waals surface area contributed by atoms with Crippen LogP contribution in [0.15, 0.2) is 24.3 Å². The molecule has 0 saturated heterocycles. The minimum atomic E-state index is -1.31. The van der Waals surface area contributed by atoms with Crippen molar-refractivity contribution >= 4 is 17.6 Å². The van der Waals surface area contributed by atoms with Gasteiger partial charge in [-0.25, -0.2) is 0 Å². The number of carbonyl (C=O) groups excluding carboxylic acids is 2. The molecule has 0 fully saturated rings. The van der Waals surface area contributed by atoms with Gasteiger partial charge in [0.25, 0.3) is 0 Å². The average molecular weight is 266 g/mol. The van der Waals surface area contributed by atoms with Crippen molar-refractivity contribution < 1.29 is 25.1 Å². The number of carbonyl (C=O) groups is 2. The summed E-state index contributed by atoms with van der Waals surface area (Å²) >= 11 is 0. The molecule has 1 aromatic carbocycles. The highest BCUT2D eigenvalue weighted by atomic mass is 16.4. The van der Waals surface area contributed by atoms with Crippen LogP contribution in [0.3, 0.4) is 0 Å². The van der Waals surface area contributed by atoms with Gasteiger partial charge in [0.1, 0.15) is 6.04 Å². The van der Waals surface area contributed by atoms with Crippen LogP contribution in [-0.4, -0.2) is 36.2 Å². The smallest absolute Gasteiger partial charge is 0.230 e. The number of rotatable bonds is 7. The Labute approximate surface area is 111 Å². The Bertz CT molecular complexity index is 431. The maximum Gasteiger partial charge on any atom is 0.230 e. The van der Waals surface area contributed by atoms with E-state index in [9.17, 15) is 14.7 Å². The van der Waals surface area contributed by atoms with Gasteiger partial charge >= 0.3 is 0 Å². The van der Waals surface area contributed by atoms with E-state index in [0.29, 0.717) is 5.69 Å². The molecular weight excluding hydrogens is 248 g/mol. The number of aliphatic carboxylic acids is 1. The van der Waals surface area contributed by atoms with Crippen molar-refractivity contribution in [3.8, 4) is 0 Å². The summed E-state index contributed by atoms with van der Waals surface area (Å²) in [5.41, 5.74) is 1.69. The number of carboxylic acids is 1. The summed E-state index contributed by atoms with van der Waals surface area (Å²) in [6.45, 7) is 2.00. The summed E-state index contributed by atoms with van der Waals surface area (Å²) < 4.78 is 0. The van der Waals surface area contributed by atoms with Crippen molar-refractivity contribution in [3.05, 3.63) is 29.8 Å². The van der Waals surface area contributed by atoms with Gasteiger partial charge < -0.3 is 25.6 Å². The second kappa shape index (κ2) is 7.50. The number of nitrogens with two attached hydrogens (primary N) is 1. The normalized spacial score (nSPS) is 11.9. The highest BCUT2D eigenvalue weighted by Gasteiger charge is 2.17. The number of quaternary nitrogens is 1. The fourth-order valence-corrected chi connectivity index (χ4v) is 1.59. The molecule has 6 nitrogen and oxygen atoms in total. The number of carboxylic acid groups (broad SMARTS) is 1. The van der Waals surface area contributed by atoms with Gasteiger partial charge in [-0.15, -0.1) is 0 Å². The Kier molecular flexibility index (Phi) is 5.98. The van der Waals surface area contributed by atoms with Gasteiger partial charge in [0.05, 0.1) is 25.5 Å². The fraction of sp³-hybridized carbons (Fsp3) is 0.385. The molecule has 0 aromatic heterocycles. The third-order valence-corrected chi connectivity index (χ3v) is 2.62. The van der Waals surface area contributed by atoms with E-state index >= 15 is 0 Å². The molecule has 6 heteroatoms. The first kappa shape index (κ1) is 15.1. The van der Waals surface area contributed by atoms with E-state index in [1.54, 1.807) is 12.1 Å². The van der Waals surface area contributed by atoms with Crippen LogP contribution in [-0.2, 0) is 9.59 Å². The number of nitrogens with one attached hydrogen (secondary N) is 1. The first-order valence-electron chi connectivity index (χ1n) is 6.04. The van der Waals surface area contributed by atoms with Gasteiger partial charge in [0, 0.05) is 5.69 Å². The highest BCUT2D eigenvalue weighted by Crippen LogP contribution is 2.08. The predicted octanol–water partition coefficient (Wildman–Crippen LogP) is -2.00. The SMILES string of the molecule is Cc1ccc(NC(=O)C[C@@H]([NH2+]CCO)C(=O)[O-])cc1. The molecule has 19 heavy (non-hydrogen) atoms. The monoisotopic (exact) mass is 266 g/mol. The van der Waals surface area contributed by atoms with E-state index < -0.39 is 17.9 Å². The third-order valence-electron chi connectivity index (χ3n) is 2.62. The van der Waals surface area contributed by atoms with E-state index in [0.717, 1.165) is 5.56 Å². The van der Waals surface area contributed by atoms with Gasteiger partial charge in [0.15, 0.2) is 0 Å². The van der Waals surface area contributed by atoms with Crippen molar-refractivity contribution in [1.82, 2.24) is 0 Å². The largest absolute Gasteiger partial charge is 0.544 e. The molecule has 4 N–H and O–H groups in total. The van der Waals surface area contributed by atoms with Gasteiger partial charge in [-0.1, -0.05) is 17.7 Å². The summed E-state index contributed by atoms with van der Waals surface area (Å²) in [5.74, 6) is -1.71. The summed E-state index contributed by atoms with van der Waals surface area (Å²) in [6, 6.07) is 6.21. The minimum absolute atomic E-state index is 0.149. The molecule has 0 radical (unpaired) electrons. The van der Waals surface area contributed by atoms with Crippen molar-refractivity contribution in [1.29, 1.82) is 0 Å². The van der Waals surface area contributed by atoms with Crippen LogP contribution >= 0.6 is 0 Å². The molecule has 0 aliphatic rings. The Morgan fingerprint density at radius 2 is 2.00 bits per heavy atom. The Hall–Kier alpha value is -1.92. The molecule has 1 amide bonds. The summed E-state index contributed by atoms with van der Waals surface area (Å²) in [7, 11) is 0. The number of hydrogen-bond acceptors (Lipinski definition) is 4. The van der Waals surface area contributed by atoms with E-state index in [-0.39, 0.29) is 19.6 Å². The van der Waals surface area contributed by atoms with Crippen LogP contribution in [0.25, 0.3) is 0 Å². The third kappa shape index (κ3) is 5.50. The maximum absolute atomic E-state index is 11.7. The van der Waals surface area contributed by atoms with Crippen molar-refractivity contribution in [2.45, 2.75) is 19.4 Å². The van der Waals surface area contributed by atoms with E-state index in [1.165, 1.54) is 5.32 Å². The fourth-order valence-electron chi connectivity index (χ4n) is 1.59. The molecule has 0 aliphatic carbocycles. The second-order valence-corrected chi connectivity index (χ2v) is 4.29. The van der Waals surface area contributed by atoms with Crippen molar-refractivity contribution in [2.24, 2.45) is 0 Å². The Morgan fingerprint density at radius 1 is 1.37 bits per heavy atom. The molecule has 0 saturated carbocycles. The lowest BCUT2D eigenvalue weighted by Gasteiger charge is -2.15. The molecule has 0 heterocycles. The molecule has 1 aromatic rings. The second-order valence-electron chi connectivity index (χ2n) is 4.29. The van der Waals surface area contributed by atoms with E-state index in [1.807, 2.05) is 19.1 Å². The van der Waals surface area contributed by atoms with E-state index in [2.05, 4.69) is 5.32 Å². The molecular formula is C13H18N2O4. The first-order valence-corrected chi connectivity index (χ1v) is 6.04. The lowest BCUT2D eigenvalue weighted by atomic mass is 10.2. The van der Waals surface area contributed by atoms with Gasteiger partial charge in [-0.3, -0.25) is 4.79 Å². The van der Waals surface area contributed by atoms with Crippen LogP contribution in [0.1, 0.15) is 12.0 Å². The standard InChI is InChI=1S/C13H18N2O4/c1-9-2-4-10(5-3-9)15-12(17)8-11(13(18)19)14-6-7-16/h2-5,11,14,16H,6-8H2,1H3,(H,15,17)(H,18,19)/t11-/m1/s1. The van der Waals surface area contributed by atoms with Gasteiger partial charge in [0.2, 0.25) is 5.91 Å². The first-order chi connectivity index (χ1) is 9.02. The number of benzene rings is 1. The lowest BCUT2D eigenvalue weighted by molar-refractivity contribution is -0.683. The molecule has 0 bridgehead atoms.